The van der Waals surface area contributed by atoms with E-state index >= 15 is 0 Å². The van der Waals surface area contributed by atoms with Gasteiger partial charge >= 0.3 is 12.1 Å². The van der Waals surface area contributed by atoms with Crippen molar-refractivity contribution in [3.63, 3.8) is 0 Å². The molecule has 0 unspecified atom stereocenters. The Morgan fingerprint density at radius 3 is 2.53 bits per heavy atom. The number of nitrogens with two attached hydrogens (primary N) is 1. The molecule has 1 aliphatic heterocycles. The highest BCUT2D eigenvalue weighted by atomic mass is 35.5. The summed E-state index contributed by atoms with van der Waals surface area (Å²) in [6.45, 7) is 3.28. The quantitative estimate of drug-likeness (QED) is 0.555. The molecule has 0 radical (unpaired) electrons. The number of aromatic nitrogens is 5. The molecule has 0 bridgehead atoms. The molecule has 3 N–H and O–H groups in total. The minimum absolute atomic E-state index is 0.00266. The van der Waals surface area contributed by atoms with Crippen LogP contribution in [0.5, 0.6) is 0 Å². The fourth-order valence-electron chi connectivity index (χ4n) is 3.39. The first-order valence-corrected chi connectivity index (χ1v) is 9.57. The van der Waals surface area contributed by atoms with Gasteiger partial charge in [0.05, 0.1) is 22.9 Å². The van der Waals surface area contributed by atoms with Crippen LogP contribution in [0.2, 0.25) is 5.15 Å². The number of fused-ring (bicyclic) bond motifs is 2. The number of nitrogen functional groups attached to an aromatic ring is 1. The molecule has 8 nitrogen and oxygen atoms in total. The highest BCUT2D eigenvalue weighted by Crippen LogP contribution is 2.41. The van der Waals surface area contributed by atoms with E-state index in [2.05, 4.69) is 25.3 Å². The van der Waals surface area contributed by atoms with Crippen LogP contribution in [0, 0.1) is 0 Å². The third-order valence-corrected chi connectivity index (χ3v) is 5.48. The predicted octanol–water partition coefficient (Wildman–Crippen LogP) is 3.78. The molecule has 0 saturated heterocycles. The van der Waals surface area contributed by atoms with Gasteiger partial charge < -0.3 is 11.1 Å². The van der Waals surface area contributed by atoms with Gasteiger partial charge in [-0.1, -0.05) is 11.6 Å². The van der Waals surface area contributed by atoms with Gasteiger partial charge in [-0.05, 0) is 20.3 Å². The minimum Gasteiger partial charge on any atom is -0.383 e. The number of hydrogen-bond acceptors (Lipinski definition) is 6. The number of anilines is 2. The molecule has 0 aliphatic carbocycles. The Bertz CT molecular complexity index is 1250. The standard InChI is InChI=1S/C18H15ClF5N7O/c1-16(2)10-11(25)28-12(29-13(10)30-15(16)32)8-6-31-9(19)5-26-14(31)7(27-8)3-4-17(20,21)18(22,23)24/h5-6H,3-4H2,1-2H3,(H3,25,28,29,30,32). The summed E-state index contributed by atoms with van der Waals surface area (Å²) in [7, 11) is 0. The first kappa shape index (κ1) is 22.1. The van der Waals surface area contributed by atoms with Gasteiger partial charge in [-0.15, -0.1) is 0 Å². The topological polar surface area (TPSA) is 111 Å². The van der Waals surface area contributed by atoms with Gasteiger partial charge in [0, 0.05) is 12.6 Å². The molecule has 0 saturated carbocycles. The average molecular weight is 476 g/mol. The Labute approximate surface area is 182 Å². The van der Waals surface area contributed by atoms with Crippen molar-refractivity contribution in [2.75, 3.05) is 11.1 Å². The molecular formula is C18H15ClF5N7O. The Morgan fingerprint density at radius 2 is 1.88 bits per heavy atom. The lowest BCUT2D eigenvalue weighted by molar-refractivity contribution is -0.284. The second kappa shape index (κ2) is 6.95. The fraction of sp³-hybridized carbons (Fsp3) is 0.389. The Morgan fingerprint density at radius 1 is 1.19 bits per heavy atom. The molecule has 3 aromatic rings. The predicted molar refractivity (Wildman–Crippen MR) is 104 cm³/mol. The Kier molecular flexibility index (Phi) is 4.81. The molecule has 3 aromatic heterocycles. The fourth-order valence-corrected chi connectivity index (χ4v) is 3.57. The van der Waals surface area contributed by atoms with Crippen molar-refractivity contribution in [2.45, 2.75) is 44.2 Å². The molecule has 170 valence electrons. The van der Waals surface area contributed by atoms with Crippen LogP contribution >= 0.6 is 11.6 Å². The maximum atomic E-state index is 13.5. The zero-order valence-electron chi connectivity index (χ0n) is 16.6. The molecule has 14 heteroatoms. The summed E-state index contributed by atoms with van der Waals surface area (Å²) >= 11 is 6.07. The van der Waals surface area contributed by atoms with Crippen molar-refractivity contribution >= 4 is 34.8 Å². The lowest BCUT2D eigenvalue weighted by Crippen LogP contribution is -2.36. The number of carbonyl (C=O) groups is 1. The maximum Gasteiger partial charge on any atom is 0.453 e. The summed E-state index contributed by atoms with van der Waals surface area (Å²) in [6.07, 6.45) is -5.43. The van der Waals surface area contributed by atoms with Crippen LogP contribution in [0.3, 0.4) is 0 Å². The summed E-state index contributed by atoms with van der Waals surface area (Å²) < 4.78 is 66.0. The Balaban J connectivity index is 1.80. The number of halogens is 6. The summed E-state index contributed by atoms with van der Waals surface area (Å²) in [6, 6.07) is 0. The van der Waals surface area contributed by atoms with Gasteiger partial charge in [-0.25, -0.2) is 19.9 Å². The van der Waals surface area contributed by atoms with Gasteiger partial charge in [0.1, 0.15) is 22.5 Å². The molecule has 1 amide bonds. The third kappa shape index (κ3) is 3.40. The first-order chi connectivity index (χ1) is 14.7. The van der Waals surface area contributed by atoms with E-state index in [1.807, 2.05) is 0 Å². The van der Waals surface area contributed by atoms with E-state index in [4.69, 9.17) is 17.3 Å². The average Bonchev–Trinajstić information content (AvgIpc) is 3.16. The minimum atomic E-state index is -5.70. The number of nitrogens with one attached hydrogen (secondary N) is 1. The summed E-state index contributed by atoms with van der Waals surface area (Å²) in [5.74, 6) is -5.18. The lowest BCUT2D eigenvalue weighted by Gasteiger charge is -2.19. The number of hydrogen-bond donors (Lipinski definition) is 2. The highest BCUT2D eigenvalue weighted by Gasteiger charge is 2.56. The number of rotatable bonds is 4. The number of imidazole rings is 1. The van der Waals surface area contributed by atoms with E-state index in [1.54, 1.807) is 13.8 Å². The monoisotopic (exact) mass is 475 g/mol. The molecule has 4 heterocycles. The molecular weight excluding hydrogens is 461 g/mol. The SMILES string of the molecule is CC1(C)C(=O)Nc2nc(-c3cn4c(Cl)cnc4c(CCC(F)(F)C(F)(F)F)n3)nc(N)c21. The van der Waals surface area contributed by atoms with Gasteiger partial charge in [-0.2, -0.15) is 22.0 Å². The second-order valence-corrected chi connectivity index (χ2v) is 8.17. The molecule has 0 fully saturated rings. The number of carbonyl (C=O) groups excluding carboxylic acids is 1. The van der Waals surface area contributed by atoms with Crippen molar-refractivity contribution < 1.29 is 26.7 Å². The van der Waals surface area contributed by atoms with E-state index in [1.165, 1.54) is 16.8 Å². The zero-order chi connectivity index (χ0) is 23.6. The van der Waals surface area contributed by atoms with Gasteiger partial charge in [0.2, 0.25) is 5.91 Å². The zero-order valence-corrected chi connectivity index (χ0v) is 17.3. The summed E-state index contributed by atoms with van der Waals surface area (Å²) in [4.78, 5) is 28.7. The molecule has 4 rings (SSSR count). The van der Waals surface area contributed by atoms with Crippen LogP contribution in [0.15, 0.2) is 12.4 Å². The van der Waals surface area contributed by atoms with Crippen LogP contribution in [0.1, 0.15) is 31.5 Å². The van der Waals surface area contributed by atoms with E-state index < -0.39 is 30.4 Å². The van der Waals surface area contributed by atoms with E-state index in [-0.39, 0.29) is 45.6 Å². The molecule has 1 aliphatic rings. The summed E-state index contributed by atoms with van der Waals surface area (Å²) in [5, 5.41) is 2.66. The van der Waals surface area contributed by atoms with Crippen LogP contribution in [-0.2, 0) is 16.6 Å². The van der Waals surface area contributed by atoms with E-state index in [9.17, 15) is 26.7 Å². The number of amides is 1. The Hall–Kier alpha value is -3.09. The van der Waals surface area contributed by atoms with Crippen LogP contribution in [-0.4, -0.2) is 42.3 Å². The van der Waals surface area contributed by atoms with Crippen LogP contribution in [0.4, 0.5) is 33.6 Å². The largest absolute Gasteiger partial charge is 0.453 e. The smallest absolute Gasteiger partial charge is 0.383 e. The first-order valence-electron chi connectivity index (χ1n) is 9.19. The van der Waals surface area contributed by atoms with Crippen molar-refractivity contribution in [1.82, 2.24) is 24.3 Å². The van der Waals surface area contributed by atoms with E-state index in [0.717, 1.165) is 0 Å². The normalized spacial score (nSPS) is 15.8. The summed E-state index contributed by atoms with van der Waals surface area (Å²) in [5.41, 5.74) is 5.29. The highest BCUT2D eigenvalue weighted by molar-refractivity contribution is 6.29. The lowest BCUT2D eigenvalue weighted by atomic mass is 9.87. The second-order valence-electron chi connectivity index (χ2n) is 7.78. The van der Waals surface area contributed by atoms with Crippen LogP contribution < -0.4 is 11.1 Å². The number of alkyl halides is 5. The van der Waals surface area contributed by atoms with Gasteiger partial charge in [-0.3, -0.25) is 9.20 Å². The molecule has 0 atom stereocenters. The third-order valence-electron chi connectivity index (χ3n) is 5.20. The van der Waals surface area contributed by atoms with Gasteiger partial charge in [0.25, 0.3) is 0 Å². The molecule has 32 heavy (non-hydrogen) atoms. The molecule has 0 aromatic carbocycles. The number of nitrogens with zero attached hydrogens (tertiary/aromatic N) is 5. The molecule has 0 spiro atoms. The van der Waals surface area contributed by atoms with Crippen molar-refractivity contribution in [3.05, 3.63) is 28.8 Å². The maximum absolute atomic E-state index is 13.5. The van der Waals surface area contributed by atoms with Crippen LogP contribution in [0.25, 0.3) is 17.2 Å². The van der Waals surface area contributed by atoms with Gasteiger partial charge in [0.15, 0.2) is 11.5 Å². The van der Waals surface area contributed by atoms with E-state index in [0.29, 0.717) is 5.56 Å². The van der Waals surface area contributed by atoms with Crippen molar-refractivity contribution in [1.29, 1.82) is 0 Å². The van der Waals surface area contributed by atoms with Crippen molar-refractivity contribution in [2.24, 2.45) is 0 Å². The van der Waals surface area contributed by atoms with Crippen molar-refractivity contribution in [3.8, 4) is 11.5 Å². The number of aryl methyl sites for hydroxylation is 1.